The van der Waals surface area contributed by atoms with Crippen LogP contribution in [0.3, 0.4) is 0 Å². The lowest BCUT2D eigenvalue weighted by Gasteiger charge is -2.05. The number of nitrogens with zero attached hydrogens (tertiary/aromatic N) is 4. The Bertz CT molecular complexity index is 1250. The summed E-state index contributed by atoms with van der Waals surface area (Å²) in [5.41, 5.74) is 7.12. The maximum atomic E-state index is 12.7. The molecule has 6 heteroatoms. The molecule has 0 aliphatic carbocycles. The smallest absolute Gasteiger partial charge is 0.248 e. The number of hydrogen-bond acceptors (Lipinski definition) is 3. The highest BCUT2D eigenvalue weighted by Gasteiger charge is 2.15. The van der Waals surface area contributed by atoms with Crippen molar-refractivity contribution in [3.05, 3.63) is 95.1 Å². The minimum atomic E-state index is -0.204. The SMILES string of the molecule is Cc1nn(-c2ccccc2)c(C)c1/C=C/C(=O)Nc1c(C)nn(-c2ccccc2)c1C. The first-order valence-corrected chi connectivity index (χ1v) is 10.2. The molecule has 0 saturated heterocycles. The predicted octanol–water partition coefficient (Wildman–Crippen LogP) is 4.94. The molecule has 6 nitrogen and oxygen atoms in total. The van der Waals surface area contributed by atoms with Gasteiger partial charge >= 0.3 is 0 Å². The van der Waals surface area contributed by atoms with Crippen LogP contribution < -0.4 is 5.32 Å². The molecule has 0 spiro atoms. The molecule has 1 amide bonds. The summed E-state index contributed by atoms with van der Waals surface area (Å²) in [7, 11) is 0. The predicted molar refractivity (Wildman–Crippen MR) is 124 cm³/mol. The molecule has 0 radical (unpaired) electrons. The standard InChI is InChI=1S/C25H25N5O/c1-17-23(19(3)29(27-17)21-11-7-5-8-12-21)15-16-24(31)26-25-18(2)28-30(20(25)4)22-13-9-6-10-14-22/h5-16H,1-4H3,(H,26,31)/b16-15+. The fourth-order valence-electron chi connectivity index (χ4n) is 3.68. The van der Waals surface area contributed by atoms with Crippen LogP contribution in [0.15, 0.2) is 66.7 Å². The van der Waals surface area contributed by atoms with Crippen molar-refractivity contribution < 1.29 is 4.79 Å². The lowest BCUT2D eigenvalue weighted by Crippen LogP contribution is -2.09. The van der Waals surface area contributed by atoms with Gasteiger partial charge in [0.05, 0.1) is 34.1 Å². The largest absolute Gasteiger partial charge is 0.319 e. The average molecular weight is 412 g/mol. The quantitative estimate of drug-likeness (QED) is 0.473. The van der Waals surface area contributed by atoms with Gasteiger partial charge in [-0.05, 0) is 58.0 Å². The van der Waals surface area contributed by atoms with E-state index in [1.165, 1.54) is 0 Å². The molecular formula is C25H25N5O. The van der Waals surface area contributed by atoms with Crippen molar-refractivity contribution in [2.45, 2.75) is 27.7 Å². The van der Waals surface area contributed by atoms with Crippen LogP contribution in [0.4, 0.5) is 5.69 Å². The molecule has 2 aromatic heterocycles. The van der Waals surface area contributed by atoms with Crippen LogP contribution in [0.2, 0.25) is 0 Å². The van der Waals surface area contributed by atoms with E-state index in [9.17, 15) is 4.79 Å². The number of hydrogen-bond donors (Lipinski definition) is 1. The molecule has 0 saturated carbocycles. The van der Waals surface area contributed by atoms with Gasteiger partial charge in [-0.25, -0.2) is 9.36 Å². The summed E-state index contributed by atoms with van der Waals surface area (Å²) in [6.07, 6.45) is 3.36. The molecule has 2 heterocycles. The summed E-state index contributed by atoms with van der Waals surface area (Å²) in [6.45, 7) is 7.79. The van der Waals surface area contributed by atoms with E-state index in [-0.39, 0.29) is 5.91 Å². The summed E-state index contributed by atoms with van der Waals surface area (Å²) in [5, 5.41) is 12.2. The van der Waals surface area contributed by atoms with Crippen molar-refractivity contribution in [1.82, 2.24) is 19.6 Å². The van der Waals surface area contributed by atoms with Gasteiger partial charge in [-0.3, -0.25) is 4.79 Å². The number of rotatable bonds is 5. The summed E-state index contributed by atoms with van der Waals surface area (Å²) in [5.74, 6) is -0.204. The van der Waals surface area contributed by atoms with E-state index >= 15 is 0 Å². The molecule has 0 atom stereocenters. The number of carbonyl (C=O) groups is 1. The normalized spacial score (nSPS) is 11.2. The topological polar surface area (TPSA) is 64.7 Å². The maximum Gasteiger partial charge on any atom is 0.248 e. The van der Waals surface area contributed by atoms with Crippen LogP contribution in [0.25, 0.3) is 17.5 Å². The lowest BCUT2D eigenvalue weighted by atomic mass is 10.2. The Hall–Kier alpha value is -3.93. The molecule has 0 bridgehead atoms. The van der Waals surface area contributed by atoms with Crippen LogP contribution >= 0.6 is 0 Å². The van der Waals surface area contributed by atoms with Crippen LogP contribution in [-0.4, -0.2) is 25.5 Å². The Labute approximate surface area is 181 Å². The summed E-state index contributed by atoms with van der Waals surface area (Å²) < 4.78 is 3.73. The third-order valence-electron chi connectivity index (χ3n) is 5.29. The van der Waals surface area contributed by atoms with E-state index in [1.54, 1.807) is 6.08 Å². The first-order valence-electron chi connectivity index (χ1n) is 10.2. The Kier molecular flexibility index (Phi) is 5.54. The van der Waals surface area contributed by atoms with E-state index < -0.39 is 0 Å². The Balaban J connectivity index is 1.55. The van der Waals surface area contributed by atoms with Gasteiger partial charge in [0.1, 0.15) is 0 Å². The zero-order valence-corrected chi connectivity index (χ0v) is 18.1. The Morgan fingerprint density at radius 3 is 1.87 bits per heavy atom. The van der Waals surface area contributed by atoms with Crippen molar-refractivity contribution in [3.8, 4) is 11.4 Å². The molecule has 2 aromatic carbocycles. The van der Waals surface area contributed by atoms with Crippen LogP contribution in [0.1, 0.15) is 28.3 Å². The van der Waals surface area contributed by atoms with Crippen molar-refractivity contribution >= 4 is 17.7 Å². The monoisotopic (exact) mass is 411 g/mol. The van der Waals surface area contributed by atoms with Crippen LogP contribution in [-0.2, 0) is 4.79 Å². The third-order valence-corrected chi connectivity index (χ3v) is 5.29. The van der Waals surface area contributed by atoms with Gasteiger partial charge in [0, 0.05) is 17.3 Å². The summed E-state index contributed by atoms with van der Waals surface area (Å²) >= 11 is 0. The molecule has 31 heavy (non-hydrogen) atoms. The van der Waals surface area contributed by atoms with Crippen molar-refractivity contribution in [2.24, 2.45) is 0 Å². The zero-order chi connectivity index (χ0) is 22.0. The van der Waals surface area contributed by atoms with E-state index in [0.29, 0.717) is 0 Å². The molecule has 4 aromatic rings. The molecule has 4 rings (SSSR count). The van der Waals surface area contributed by atoms with Gasteiger partial charge in [-0.15, -0.1) is 0 Å². The maximum absolute atomic E-state index is 12.7. The fraction of sp³-hybridized carbons (Fsp3) is 0.160. The van der Waals surface area contributed by atoms with Gasteiger partial charge < -0.3 is 5.32 Å². The second-order valence-electron chi connectivity index (χ2n) is 7.45. The third kappa shape index (κ3) is 4.05. The second kappa shape index (κ2) is 8.44. The van der Waals surface area contributed by atoms with Crippen molar-refractivity contribution in [3.63, 3.8) is 0 Å². The molecular weight excluding hydrogens is 386 g/mol. The number of amides is 1. The van der Waals surface area contributed by atoms with E-state index in [2.05, 4.69) is 15.5 Å². The minimum absolute atomic E-state index is 0.204. The van der Waals surface area contributed by atoms with Gasteiger partial charge in [0.2, 0.25) is 5.91 Å². The number of para-hydroxylation sites is 2. The van der Waals surface area contributed by atoms with Crippen molar-refractivity contribution in [2.75, 3.05) is 5.32 Å². The number of nitrogens with one attached hydrogen (secondary N) is 1. The zero-order valence-electron chi connectivity index (χ0n) is 18.1. The van der Waals surface area contributed by atoms with Crippen LogP contribution in [0, 0.1) is 27.7 Å². The van der Waals surface area contributed by atoms with Gasteiger partial charge in [-0.1, -0.05) is 36.4 Å². The Morgan fingerprint density at radius 2 is 1.29 bits per heavy atom. The second-order valence-corrected chi connectivity index (χ2v) is 7.45. The van der Waals surface area contributed by atoms with Gasteiger partial charge in [-0.2, -0.15) is 10.2 Å². The van der Waals surface area contributed by atoms with E-state index in [4.69, 9.17) is 0 Å². The average Bonchev–Trinajstić information content (AvgIpc) is 3.23. The van der Waals surface area contributed by atoms with Gasteiger partial charge in [0.25, 0.3) is 0 Å². The Morgan fingerprint density at radius 1 is 0.774 bits per heavy atom. The molecule has 1 N–H and O–H groups in total. The van der Waals surface area contributed by atoms with Gasteiger partial charge in [0.15, 0.2) is 0 Å². The summed E-state index contributed by atoms with van der Waals surface area (Å²) in [4.78, 5) is 12.7. The summed E-state index contributed by atoms with van der Waals surface area (Å²) in [6, 6.07) is 19.8. The lowest BCUT2D eigenvalue weighted by molar-refractivity contribution is -0.111. The molecule has 0 aliphatic heterocycles. The highest BCUT2D eigenvalue weighted by molar-refractivity contribution is 6.02. The fourth-order valence-corrected chi connectivity index (χ4v) is 3.68. The molecule has 0 aliphatic rings. The number of aryl methyl sites for hydroxylation is 2. The highest BCUT2D eigenvalue weighted by atomic mass is 16.1. The van der Waals surface area contributed by atoms with E-state index in [0.717, 1.165) is 45.4 Å². The van der Waals surface area contributed by atoms with Crippen molar-refractivity contribution in [1.29, 1.82) is 0 Å². The highest BCUT2D eigenvalue weighted by Crippen LogP contribution is 2.23. The number of aromatic nitrogens is 4. The molecule has 156 valence electrons. The number of carbonyl (C=O) groups excluding carboxylic acids is 1. The first kappa shape index (κ1) is 20.3. The number of benzene rings is 2. The van der Waals surface area contributed by atoms with E-state index in [1.807, 2.05) is 104 Å². The van der Waals surface area contributed by atoms with Crippen LogP contribution in [0.5, 0.6) is 0 Å². The first-order chi connectivity index (χ1) is 15.0. The molecule has 0 fully saturated rings. The molecule has 0 unspecified atom stereocenters. The minimum Gasteiger partial charge on any atom is -0.319 e. The number of anilines is 1.